The first-order valence-corrected chi connectivity index (χ1v) is 4.93. The van der Waals surface area contributed by atoms with Gasteiger partial charge in [-0.2, -0.15) is 0 Å². The number of rotatable bonds is 2. The lowest BCUT2D eigenvalue weighted by Gasteiger charge is -2.10. The SMILES string of the molecule is COc1ccc2c(c1)N(C)/C(=C/C(C)=O)O2. The molecule has 1 heterocycles. The maximum atomic E-state index is 11.0. The number of hydrogen-bond acceptors (Lipinski definition) is 4. The smallest absolute Gasteiger partial charge is 0.203 e. The van der Waals surface area contributed by atoms with E-state index in [1.807, 2.05) is 30.1 Å². The standard InChI is InChI=1S/C12H13NO3/c1-8(14)6-12-13(2)10-7-9(15-3)4-5-11(10)16-12/h4-7H,1-3H3/b12-6-. The van der Waals surface area contributed by atoms with Crippen molar-refractivity contribution in [3.8, 4) is 11.5 Å². The summed E-state index contributed by atoms with van der Waals surface area (Å²) >= 11 is 0. The van der Waals surface area contributed by atoms with Gasteiger partial charge < -0.3 is 14.4 Å². The van der Waals surface area contributed by atoms with Crippen LogP contribution >= 0.6 is 0 Å². The van der Waals surface area contributed by atoms with Crippen LogP contribution in [0.5, 0.6) is 11.5 Å². The van der Waals surface area contributed by atoms with E-state index in [4.69, 9.17) is 9.47 Å². The molecule has 4 heteroatoms. The van der Waals surface area contributed by atoms with Crippen molar-refractivity contribution in [2.24, 2.45) is 0 Å². The van der Waals surface area contributed by atoms with Gasteiger partial charge in [-0.05, 0) is 19.1 Å². The first-order chi connectivity index (χ1) is 7.61. The Morgan fingerprint density at radius 3 is 2.88 bits per heavy atom. The van der Waals surface area contributed by atoms with E-state index in [-0.39, 0.29) is 5.78 Å². The van der Waals surface area contributed by atoms with Gasteiger partial charge in [-0.15, -0.1) is 0 Å². The average molecular weight is 219 g/mol. The van der Waals surface area contributed by atoms with Crippen molar-refractivity contribution in [3.63, 3.8) is 0 Å². The van der Waals surface area contributed by atoms with Crippen molar-refractivity contribution >= 4 is 11.5 Å². The highest BCUT2D eigenvalue weighted by molar-refractivity contribution is 5.89. The number of allylic oxidation sites excluding steroid dienone is 1. The van der Waals surface area contributed by atoms with Crippen LogP contribution in [0.25, 0.3) is 0 Å². The molecule has 0 N–H and O–H groups in total. The molecule has 0 saturated carbocycles. The third-order valence-electron chi connectivity index (χ3n) is 2.40. The fourth-order valence-electron chi connectivity index (χ4n) is 1.57. The van der Waals surface area contributed by atoms with Crippen LogP contribution in [-0.2, 0) is 4.79 Å². The van der Waals surface area contributed by atoms with Crippen LogP contribution in [0.4, 0.5) is 5.69 Å². The van der Waals surface area contributed by atoms with Crippen molar-refractivity contribution in [1.82, 2.24) is 0 Å². The first kappa shape index (κ1) is 10.5. The minimum absolute atomic E-state index is 0.0402. The predicted octanol–water partition coefficient (Wildman–Crippen LogP) is 1.95. The molecule has 4 nitrogen and oxygen atoms in total. The molecule has 0 amide bonds. The molecule has 0 fully saturated rings. The van der Waals surface area contributed by atoms with Crippen molar-refractivity contribution in [2.75, 3.05) is 19.1 Å². The Morgan fingerprint density at radius 1 is 1.50 bits per heavy atom. The van der Waals surface area contributed by atoms with E-state index in [1.54, 1.807) is 7.11 Å². The van der Waals surface area contributed by atoms with E-state index in [0.717, 1.165) is 17.2 Å². The second-order valence-electron chi connectivity index (χ2n) is 3.59. The van der Waals surface area contributed by atoms with Crippen molar-refractivity contribution in [2.45, 2.75) is 6.92 Å². The number of carbonyl (C=O) groups excluding carboxylic acids is 1. The molecule has 1 aliphatic heterocycles. The normalized spacial score (nSPS) is 15.9. The summed E-state index contributed by atoms with van der Waals surface area (Å²) in [6, 6.07) is 5.52. The van der Waals surface area contributed by atoms with E-state index in [1.165, 1.54) is 13.0 Å². The van der Waals surface area contributed by atoms with Gasteiger partial charge in [0.15, 0.2) is 11.5 Å². The number of fused-ring (bicyclic) bond motifs is 1. The highest BCUT2D eigenvalue weighted by Crippen LogP contribution is 2.39. The molecule has 0 unspecified atom stereocenters. The van der Waals surface area contributed by atoms with E-state index >= 15 is 0 Å². The second-order valence-corrected chi connectivity index (χ2v) is 3.59. The van der Waals surface area contributed by atoms with Gasteiger partial charge >= 0.3 is 0 Å². The predicted molar refractivity (Wildman–Crippen MR) is 60.8 cm³/mol. The Kier molecular flexibility index (Phi) is 2.56. The third-order valence-corrected chi connectivity index (χ3v) is 2.40. The molecule has 1 aromatic rings. The molecule has 0 radical (unpaired) electrons. The summed E-state index contributed by atoms with van der Waals surface area (Å²) < 4.78 is 10.7. The first-order valence-electron chi connectivity index (χ1n) is 4.93. The molecule has 0 aromatic heterocycles. The lowest BCUT2D eigenvalue weighted by Crippen LogP contribution is -2.14. The zero-order valence-electron chi connectivity index (χ0n) is 9.48. The van der Waals surface area contributed by atoms with Crippen molar-refractivity contribution in [1.29, 1.82) is 0 Å². The van der Waals surface area contributed by atoms with Crippen molar-refractivity contribution < 1.29 is 14.3 Å². The number of nitrogens with zero attached hydrogens (tertiary/aromatic N) is 1. The van der Waals surface area contributed by atoms with Crippen LogP contribution in [-0.4, -0.2) is 19.9 Å². The number of benzene rings is 1. The van der Waals surface area contributed by atoms with Crippen LogP contribution in [0, 0.1) is 0 Å². The summed E-state index contributed by atoms with van der Waals surface area (Å²) in [4.78, 5) is 12.8. The third kappa shape index (κ3) is 1.74. The molecule has 0 saturated heterocycles. The zero-order valence-corrected chi connectivity index (χ0v) is 9.48. The average Bonchev–Trinajstić information content (AvgIpc) is 2.55. The fourth-order valence-corrected chi connectivity index (χ4v) is 1.57. The van der Waals surface area contributed by atoms with Gasteiger partial charge in [0.05, 0.1) is 12.8 Å². The summed E-state index contributed by atoms with van der Waals surface area (Å²) in [6.45, 7) is 1.49. The van der Waals surface area contributed by atoms with E-state index in [0.29, 0.717) is 5.88 Å². The molecule has 0 spiro atoms. The molecule has 2 rings (SSSR count). The number of ketones is 1. The Bertz CT molecular complexity index is 465. The summed E-state index contributed by atoms with van der Waals surface area (Å²) in [7, 11) is 3.46. The van der Waals surface area contributed by atoms with Gasteiger partial charge in [0.2, 0.25) is 5.88 Å². The van der Waals surface area contributed by atoms with Gasteiger partial charge in [-0.25, -0.2) is 0 Å². The molecule has 0 aliphatic carbocycles. The Balaban J connectivity index is 2.38. The minimum atomic E-state index is -0.0402. The molecule has 0 atom stereocenters. The van der Waals surface area contributed by atoms with E-state index < -0.39 is 0 Å². The monoisotopic (exact) mass is 219 g/mol. The maximum absolute atomic E-state index is 11.0. The number of methoxy groups -OCH3 is 1. The number of carbonyl (C=O) groups is 1. The summed E-state index contributed by atoms with van der Waals surface area (Å²) in [5.41, 5.74) is 0.895. The van der Waals surface area contributed by atoms with Crippen LogP contribution < -0.4 is 14.4 Å². The maximum Gasteiger partial charge on any atom is 0.203 e. The number of anilines is 1. The largest absolute Gasteiger partial charge is 0.497 e. The highest BCUT2D eigenvalue weighted by Gasteiger charge is 2.23. The van der Waals surface area contributed by atoms with Gasteiger partial charge in [-0.1, -0.05) is 0 Å². The van der Waals surface area contributed by atoms with Crippen LogP contribution in [0.1, 0.15) is 6.92 Å². The summed E-state index contributed by atoms with van der Waals surface area (Å²) in [5.74, 6) is 1.99. The Hall–Kier alpha value is -1.97. The second kappa shape index (κ2) is 3.89. The van der Waals surface area contributed by atoms with Crippen LogP contribution in [0.15, 0.2) is 30.2 Å². The van der Waals surface area contributed by atoms with E-state index in [2.05, 4.69) is 0 Å². The molecular weight excluding hydrogens is 206 g/mol. The number of ether oxygens (including phenoxy) is 2. The molecule has 0 bridgehead atoms. The Morgan fingerprint density at radius 2 is 2.25 bits per heavy atom. The molecule has 16 heavy (non-hydrogen) atoms. The molecule has 84 valence electrons. The number of hydrogen-bond donors (Lipinski definition) is 0. The van der Waals surface area contributed by atoms with Gasteiger partial charge in [0, 0.05) is 19.2 Å². The van der Waals surface area contributed by atoms with Gasteiger partial charge in [0.1, 0.15) is 5.75 Å². The zero-order chi connectivity index (χ0) is 11.7. The topological polar surface area (TPSA) is 38.8 Å². The van der Waals surface area contributed by atoms with Crippen LogP contribution in [0.2, 0.25) is 0 Å². The molecule has 1 aliphatic rings. The fraction of sp³-hybridized carbons (Fsp3) is 0.250. The quantitative estimate of drug-likeness (QED) is 0.713. The molecule has 1 aromatic carbocycles. The summed E-state index contributed by atoms with van der Waals surface area (Å²) in [5, 5.41) is 0. The minimum Gasteiger partial charge on any atom is -0.497 e. The summed E-state index contributed by atoms with van der Waals surface area (Å²) in [6.07, 6.45) is 1.46. The Labute approximate surface area is 94.1 Å². The highest BCUT2D eigenvalue weighted by atomic mass is 16.5. The van der Waals surface area contributed by atoms with Crippen molar-refractivity contribution in [3.05, 3.63) is 30.2 Å². The van der Waals surface area contributed by atoms with Gasteiger partial charge in [-0.3, -0.25) is 4.79 Å². The molecular formula is C12H13NO3. The van der Waals surface area contributed by atoms with E-state index in [9.17, 15) is 4.79 Å². The lowest BCUT2D eigenvalue weighted by atomic mass is 10.2. The van der Waals surface area contributed by atoms with Gasteiger partial charge in [0.25, 0.3) is 0 Å². The van der Waals surface area contributed by atoms with Crippen LogP contribution in [0.3, 0.4) is 0 Å². The lowest BCUT2D eigenvalue weighted by molar-refractivity contribution is -0.112.